The number of amides is 2. The molecule has 0 aliphatic carbocycles. The number of rotatable bonds is 5. The lowest BCUT2D eigenvalue weighted by molar-refractivity contribution is -0.130. The van der Waals surface area contributed by atoms with E-state index in [1.165, 1.54) is 11.1 Å². The fourth-order valence-corrected chi connectivity index (χ4v) is 3.18. The van der Waals surface area contributed by atoms with Gasteiger partial charge in [-0.15, -0.1) is 0 Å². The maximum Gasteiger partial charge on any atom is 0.251 e. The molecular weight excluding hydrogens is 376 g/mol. The summed E-state index contributed by atoms with van der Waals surface area (Å²) in [4.78, 5) is 32.7. The molecule has 0 saturated carbocycles. The van der Waals surface area contributed by atoms with E-state index in [0.717, 1.165) is 32.8 Å². The molecule has 0 bridgehead atoms. The van der Waals surface area contributed by atoms with Crippen LogP contribution in [0.3, 0.4) is 0 Å². The van der Waals surface area contributed by atoms with Crippen LogP contribution in [0.15, 0.2) is 29.3 Å². The standard InChI is InChI=1S/C17H19ClN4O3S/c18-12-1-3-13(4-2-12)22-16(24)14(15(23)20-17(22)26)11-19-5-6-21-7-9-25-10-8-21/h1-4,11,14H,5-10H2,(H,20,23,26)/t14-/m1/s1. The second-order valence-corrected chi connectivity index (χ2v) is 6.75. The van der Waals surface area contributed by atoms with Crippen LogP contribution >= 0.6 is 23.8 Å². The third-order valence-corrected chi connectivity index (χ3v) is 4.73. The highest BCUT2D eigenvalue weighted by Gasteiger charge is 2.38. The zero-order chi connectivity index (χ0) is 18.5. The number of benzene rings is 1. The van der Waals surface area contributed by atoms with Gasteiger partial charge in [-0.3, -0.25) is 24.4 Å². The number of nitrogens with one attached hydrogen (secondary N) is 1. The molecule has 1 N–H and O–H groups in total. The van der Waals surface area contributed by atoms with E-state index in [0.29, 0.717) is 17.3 Å². The van der Waals surface area contributed by atoms with Crippen molar-refractivity contribution in [2.75, 3.05) is 44.3 Å². The van der Waals surface area contributed by atoms with E-state index in [1.807, 2.05) is 0 Å². The van der Waals surface area contributed by atoms with Crippen LogP contribution in [0.4, 0.5) is 5.69 Å². The van der Waals surface area contributed by atoms with Crippen LogP contribution < -0.4 is 10.2 Å². The first-order valence-corrected chi connectivity index (χ1v) is 9.09. The van der Waals surface area contributed by atoms with Crippen LogP contribution in [0.5, 0.6) is 0 Å². The normalized spacial score (nSPS) is 22.1. The van der Waals surface area contributed by atoms with Crippen molar-refractivity contribution in [3.8, 4) is 0 Å². The van der Waals surface area contributed by atoms with E-state index in [1.54, 1.807) is 24.3 Å². The fourth-order valence-electron chi connectivity index (χ4n) is 2.76. The molecule has 2 amide bonds. The number of hydrogen-bond acceptors (Lipinski definition) is 6. The first-order chi connectivity index (χ1) is 12.6. The van der Waals surface area contributed by atoms with Gasteiger partial charge in [0.25, 0.3) is 5.91 Å². The van der Waals surface area contributed by atoms with Crippen LogP contribution in [0.2, 0.25) is 5.02 Å². The molecular formula is C17H19ClN4O3S. The maximum absolute atomic E-state index is 12.8. The van der Waals surface area contributed by atoms with E-state index in [4.69, 9.17) is 28.6 Å². The first-order valence-electron chi connectivity index (χ1n) is 8.30. The minimum Gasteiger partial charge on any atom is -0.379 e. The molecule has 1 aromatic rings. The summed E-state index contributed by atoms with van der Waals surface area (Å²) in [5.74, 6) is -1.88. The Morgan fingerprint density at radius 2 is 1.96 bits per heavy atom. The minimum absolute atomic E-state index is 0.0558. The number of thiocarbonyl (C=S) groups is 1. The van der Waals surface area contributed by atoms with E-state index in [-0.39, 0.29) is 5.11 Å². The van der Waals surface area contributed by atoms with Crippen molar-refractivity contribution in [1.82, 2.24) is 10.2 Å². The Bertz CT molecular complexity index is 719. The van der Waals surface area contributed by atoms with Gasteiger partial charge in [0.1, 0.15) is 0 Å². The largest absolute Gasteiger partial charge is 0.379 e. The molecule has 0 spiro atoms. The Balaban J connectivity index is 1.65. The van der Waals surface area contributed by atoms with Crippen molar-refractivity contribution >= 4 is 52.6 Å². The molecule has 2 fully saturated rings. The summed E-state index contributed by atoms with van der Waals surface area (Å²) in [7, 11) is 0. The van der Waals surface area contributed by atoms with Gasteiger partial charge in [-0.05, 0) is 36.5 Å². The Kier molecular flexibility index (Phi) is 6.31. The average Bonchev–Trinajstić information content (AvgIpc) is 2.63. The highest BCUT2D eigenvalue weighted by molar-refractivity contribution is 7.80. The molecule has 0 radical (unpaired) electrons. The maximum atomic E-state index is 12.8. The number of anilines is 1. The van der Waals surface area contributed by atoms with Gasteiger partial charge < -0.3 is 10.1 Å². The Morgan fingerprint density at radius 1 is 1.27 bits per heavy atom. The summed E-state index contributed by atoms with van der Waals surface area (Å²) in [6.45, 7) is 4.47. The summed E-state index contributed by atoms with van der Waals surface area (Å²) in [5, 5.41) is 3.17. The number of halogens is 1. The van der Waals surface area contributed by atoms with Gasteiger partial charge in [-0.2, -0.15) is 0 Å². The van der Waals surface area contributed by atoms with Crippen molar-refractivity contribution in [2.24, 2.45) is 10.9 Å². The molecule has 3 rings (SSSR count). The van der Waals surface area contributed by atoms with Gasteiger partial charge in [0.05, 0.1) is 25.4 Å². The molecule has 26 heavy (non-hydrogen) atoms. The molecule has 0 unspecified atom stereocenters. The molecule has 2 aliphatic heterocycles. The predicted octanol–water partition coefficient (Wildman–Crippen LogP) is 1.11. The number of aliphatic imine (C=N–C) groups is 1. The average molecular weight is 395 g/mol. The van der Waals surface area contributed by atoms with Crippen LogP contribution in [0.25, 0.3) is 0 Å². The zero-order valence-electron chi connectivity index (χ0n) is 14.1. The molecule has 7 nitrogen and oxygen atoms in total. The van der Waals surface area contributed by atoms with Crippen molar-refractivity contribution < 1.29 is 14.3 Å². The summed E-state index contributed by atoms with van der Waals surface area (Å²) in [6, 6.07) is 6.68. The summed E-state index contributed by atoms with van der Waals surface area (Å²) >= 11 is 11.0. The number of morpholine rings is 1. The van der Waals surface area contributed by atoms with Gasteiger partial charge in [-0.1, -0.05) is 11.6 Å². The van der Waals surface area contributed by atoms with Crippen molar-refractivity contribution in [1.29, 1.82) is 0 Å². The topological polar surface area (TPSA) is 74.2 Å². The molecule has 9 heteroatoms. The van der Waals surface area contributed by atoms with Crippen LogP contribution in [-0.2, 0) is 14.3 Å². The van der Waals surface area contributed by atoms with Crippen molar-refractivity contribution in [3.63, 3.8) is 0 Å². The smallest absolute Gasteiger partial charge is 0.251 e. The Morgan fingerprint density at radius 3 is 2.65 bits per heavy atom. The minimum atomic E-state index is -0.998. The second-order valence-electron chi connectivity index (χ2n) is 5.93. The zero-order valence-corrected chi connectivity index (χ0v) is 15.6. The number of ether oxygens (including phenoxy) is 1. The molecule has 0 aromatic heterocycles. The second kappa shape index (κ2) is 8.68. The fraction of sp³-hybridized carbons (Fsp3) is 0.412. The summed E-state index contributed by atoms with van der Waals surface area (Å²) in [5.41, 5.74) is 0.552. The third kappa shape index (κ3) is 4.45. The lowest BCUT2D eigenvalue weighted by Crippen LogP contribution is -2.58. The number of carbonyl (C=O) groups is 2. The molecule has 2 aliphatic rings. The Hall–Kier alpha value is -1.87. The Labute approximate surface area is 161 Å². The van der Waals surface area contributed by atoms with Gasteiger partial charge in [0.2, 0.25) is 5.91 Å². The summed E-state index contributed by atoms with van der Waals surface area (Å²) in [6.07, 6.45) is 1.41. The lowest BCUT2D eigenvalue weighted by Gasteiger charge is -2.31. The van der Waals surface area contributed by atoms with Crippen LogP contribution in [0.1, 0.15) is 0 Å². The van der Waals surface area contributed by atoms with E-state index >= 15 is 0 Å². The van der Waals surface area contributed by atoms with E-state index < -0.39 is 17.7 Å². The predicted molar refractivity (Wildman–Crippen MR) is 104 cm³/mol. The highest BCUT2D eigenvalue weighted by atomic mass is 35.5. The molecule has 2 saturated heterocycles. The lowest BCUT2D eigenvalue weighted by atomic mass is 10.1. The van der Waals surface area contributed by atoms with Crippen LogP contribution in [-0.4, -0.2) is 67.4 Å². The molecule has 1 aromatic carbocycles. The highest BCUT2D eigenvalue weighted by Crippen LogP contribution is 2.22. The monoisotopic (exact) mass is 394 g/mol. The van der Waals surface area contributed by atoms with Crippen molar-refractivity contribution in [3.05, 3.63) is 29.3 Å². The van der Waals surface area contributed by atoms with Gasteiger partial charge in [0, 0.05) is 30.9 Å². The quantitative estimate of drug-likeness (QED) is 0.460. The van der Waals surface area contributed by atoms with Crippen LogP contribution in [0, 0.1) is 5.92 Å². The third-order valence-electron chi connectivity index (χ3n) is 4.19. The molecule has 1 atom stereocenters. The summed E-state index contributed by atoms with van der Waals surface area (Å²) < 4.78 is 5.30. The van der Waals surface area contributed by atoms with E-state index in [9.17, 15) is 9.59 Å². The SMILES string of the molecule is O=C1NC(=S)N(c2ccc(Cl)cc2)C(=O)[C@@H]1C=NCCN1CCOCC1. The first kappa shape index (κ1) is 18.9. The number of nitrogens with zero attached hydrogens (tertiary/aromatic N) is 3. The molecule has 2 heterocycles. The number of carbonyl (C=O) groups excluding carboxylic acids is 2. The van der Waals surface area contributed by atoms with Gasteiger partial charge in [0.15, 0.2) is 11.0 Å². The van der Waals surface area contributed by atoms with Crippen molar-refractivity contribution in [2.45, 2.75) is 0 Å². The van der Waals surface area contributed by atoms with Gasteiger partial charge >= 0.3 is 0 Å². The number of hydrogen-bond donors (Lipinski definition) is 1. The van der Waals surface area contributed by atoms with E-state index in [2.05, 4.69) is 15.2 Å². The van der Waals surface area contributed by atoms with Gasteiger partial charge in [-0.25, -0.2) is 0 Å². The molecule has 138 valence electrons.